The van der Waals surface area contributed by atoms with E-state index in [0.717, 1.165) is 0 Å². The molecule has 1 aliphatic rings. The van der Waals surface area contributed by atoms with Gasteiger partial charge in [0.2, 0.25) is 5.82 Å². The molecule has 3 rings (SSSR count). The van der Waals surface area contributed by atoms with E-state index in [1.165, 1.54) is 37.7 Å². The molecule has 0 spiro atoms. The van der Waals surface area contributed by atoms with Crippen molar-refractivity contribution in [2.24, 2.45) is 0 Å². The molecule has 0 saturated carbocycles. The number of Topliss-reactive ketones (excluding diaryl/α,β-unsaturated/α-hetero) is 1. The Hall–Kier alpha value is -3.60. The van der Waals surface area contributed by atoms with Crippen LogP contribution in [0.15, 0.2) is 30.6 Å². The molecule has 0 atom stereocenters. The van der Waals surface area contributed by atoms with Gasteiger partial charge in [0, 0.05) is 18.7 Å². The van der Waals surface area contributed by atoms with E-state index in [0.29, 0.717) is 26.3 Å². The first kappa shape index (κ1) is 20.1. The molecule has 11 heteroatoms. The number of hydrogen-bond donors (Lipinski definition) is 0. The number of carbonyl (C=O) groups is 2. The minimum atomic E-state index is -0.637. The number of benzene rings is 1. The number of anilines is 1. The van der Waals surface area contributed by atoms with Crippen LogP contribution in [0.5, 0.6) is 11.6 Å². The van der Waals surface area contributed by atoms with Gasteiger partial charge in [-0.1, -0.05) is 0 Å². The number of carbonyl (C=O) groups excluding carboxylic acids is 2. The van der Waals surface area contributed by atoms with Gasteiger partial charge in [-0.25, -0.2) is 4.98 Å². The molecule has 1 fully saturated rings. The van der Waals surface area contributed by atoms with Gasteiger partial charge in [0.15, 0.2) is 5.78 Å². The summed E-state index contributed by atoms with van der Waals surface area (Å²) in [5, 5.41) is 11.6. The van der Waals surface area contributed by atoms with Crippen molar-refractivity contribution < 1.29 is 28.7 Å². The molecular weight excluding hydrogens is 384 g/mol. The summed E-state index contributed by atoms with van der Waals surface area (Å²) in [4.78, 5) is 43.9. The minimum Gasteiger partial charge on any atom is -0.469 e. The number of esters is 1. The lowest BCUT2D eigenvalue weighted by Gasteiger charge is -2.27. The number of aromatic nitrogens is 2. The Balaban J connectivity index is 1.81. The zero-order valence-electron chi connectivity index (χ0n) is 15.6. The molecule has 2 heterocycles. The maximum Gasteiger partial charge on any atom is 0.373 e. The largest absolute Gasteiger partial charge is 0.469 e. The van der Waals surface area contributed by atoms with Crippen LogP contribution in [0.25, 0.3) is 0 Å². The summed E-state index contributed by atoms with van der Waals surface area (Å²) in [5.74, 6) is -0.851. The predicted molar refractivity (Wildman–Crippen MR) is 99.2 cm³/mol. The van der Waals surface area contributed by atoms with Crippen molar-refractivity contribution in [1.82, 2.24) is 9.97 Å². The first-order valence-electron chi connectivity index (χ1n) is 8.69. The summed E-state index contributed by atoms with van der Waals surface area (Å²) in [6.07, 6.45) is 0.818. The van der Waals surface area contributed by atoms with E-state index in [1.54, 1.807) is 4.90 Å². The Labute approximate surface area is 165 Å². The summed E-state index contributed by atoms with van der Waals surface area (Å²) >= 11 is 0. The number of hydrogen-bond acceptors (Lipinski definition) is 10. The highest BCUT2D eigenvalue weighted by atomic mass is 16.6. The second kappa shape index (κ2) is 9.06. The maximum atomic E-state index is 12.0. The molecule has 0 aliphatic carbocycles. The van der Waals surface area contributed by atoms with E-state index in [4.69, 9.17) is 9.47 Å². The Morgan fingerprint density at radius 3 is 2.52 bits per heavy atom. The number of ketones is 1. The molecule has 2 aromatic rings. The average molecular weight is 402 g/mol. The minimum absolute atomic E-state index is 0.160. The van der Waals surface area contributed by atoms with Crippen molar-refractivity contribution >= 4 is 23.3 Å². The normalized spacial score (nSPS) is 13.6. The topological polar surface area (TPSA) is 134 Å². The molecule has 0 unspecified atom stereocenters. The monoisotopic (exact) mass is 402 g/mol. The van der Waals surface area contributed by atoms with Crippen molar-refractivity contribution in [3.05, 3.63) is 46.3 Å². The Morgan fingerprint density at radius 1 is 1.21 bits per heavy atom. The number of nitro groups is 1. The fraction of sp³-hybridized carbons (Fsp3) is 0.333. The van der Waals surface area contributed by atoms with Gasteiger partial charge in [0.25, 0.3) is 0 Å². The van der Waals surface area contributed by atoms with Gasteiger partial charge in [-0.05, 0) is 24.3 Å². The van der Waals surface area contributed by atoms with Gasteiger partial charge >= 0.3 is 17.5 Å². The highest BCUT2D eigenvalue weighted by Crippen LogP contribution is 2.36. The van der Waals surface area contributed by atoms with Crippen LogP contribution in [0, 0.1) is 10.1 Å². The Morgan fingerprint density at radius 2 is 1.90 bits per heavy atom. The number of morpholine rings is 1. The van der Waals surface area contributed by atoms with E-state index in [2.05, 4.69) is 14.7 Å². The van der Waals surface area contributed by atoms with Crippen LogP contribution in [0.2, 0.25) is 0 Å². The fourth-order valence-electron chi connectivity index (χ4n) is 2.72. The van der Waals surface area contributed by atoms with Crippen molar-refractivity contribution in [3.8, 4) is 11.6 Å². The van der Waals surface area contributed by atoms with E-state index < -0.39 is 16.7 Å². The van der Waals surface area contributed by atoms with Gasteiger partial charge in [0.1, 0.15) is 18.5 Å². The van der Waals surface area contributed by atoms with Crippen LogP contribution >= 0.6 is 0 Å². The highest BCUT2D eigenvalue weighted by Gasteiger charge is 2.29. The van der Waals surface area contributed by atoms with Gasteiger partial charge in [0.05, 0.1) is 25.2 Å². The predicted octanol–water partition coefficient (Wildman–Crippen LogP) is 1.76. The van der Waals surface area contributed by atoms with E-state index in [1.807, 2.05) is 0 Å². The van der Waals surface area contributed by atoms with Crippen molar-refractivity contribution in [2.75, 3.05) is 38.3 Å². The zero-order chi connectivity index (χ0) is 20.8. The van der Waals surface area contributed by atoms with Gasteiger partial charge in [-0.3, -0.25) is 19.7 Å². The first-order valence-corrected chi connectivity index (χ1v) is 8.69. The second-order valence-corrected chi connectivity index (χ2v) is 6.01. The molecule has 0 radical (unpaired) electrons. The van der Waals surface area contributed by atoms with Crippen LogP contribution in [0.1, 0.15) is 16.8 Å². The molecule has 1 aromatic heterocycles. The summed E-state index contributed by atoms with van der Waals surface area (Å²) in [6.45, 7) is 1.82. The quantitative estimate of drug-likeness (QED) is 0.222. The van der Waals surface area contributed by atoms with Crippen molar-refractivity contribution in [1.29, 1.82) is 0 Å². The van der Waals surface area contributed by atoms with Gasteiger partial charge in [-0.2, -0.15) is 4.98 Å². The Kier molecular flexibility index (Phi) is 6.29. The summed E-state index contributed by atoms with van der Waals surface area (Å²) in [6, 6.07) is 5.84. The summed E-state index contributed by atoms with van der Waals surface area (Å²) in [5.41, 5.74) is -0.0609. The van der Waals surface area contributed by atoms with E-state index in [-0.39, 0.29) is 35.1 Å². The zero-order valence-corrected chi connectivity index (χ0v) is 15.6. The van der Waals surface area contributed by atoms with Crippen molar-refractivity contribution in [3.63, 3.8) is 0 Å². The molecule has 0 N–H and O–H groups in total. The van der Waals surface area contributed by atoms with Crippen molar-refractivity contribution in [2.45, 2.75) is 6.42 Å². The van der Waals surface area contributed by atoms with Crippen LogP contribution in [-0.4, -0.2) is 60.1 Å². The van der Waals surface area contributed by atoms with Gasteiger partial charge < -0.3 is 19.1 Å². The number of ether oxygens (including phenoxy) is 3. The van der Waals surface area contributed by atoms with Gasteiger partial charge in [-0.15, -0.1) is 0 Å². The lowest BCUT2D eigenvalue weighted by atomic mass is 10.1. The standard InChI is InChI=1S/C18H18N4O7/c1-27-15(24)10-14(23)12-2-4-13(5-3-12)29-18-16(22(25)26)17(19-11-20-18)21-6-8-28-9-7-21/h2-5,11H,6-10H2,1H3. The molecular formula is C18H18N4O7. The van der Waals surface area contributed by atoms with Crippen LogP contribution in [-0.2, 0) is 14.3 Å². The average Bonchev–Trinajstić information content (AvgIpc) is 2.74. The highest BCUT2D eigenvalue weighted by molar-refractivity contribution is 6.05. The van der Waals surface area contributed by atoms with Crippen LogP contribution in [0.3, 0.4) is 0 Å². The molecule has 0 amide bonds. The summed E-state index contributed by atoms with van der Waals surface area (Å²) in [7, 11) is 1.20. The lowest BCUT2D eigenvalue weighted by molar-refractivity contribution is -0.385. The third-order valence-electron chi connectivity index (χ3n) is 4.19. The molecule has 1 aromatic carbocycles. The molecule has 152 valence electrons. The smallest absolute Gasteiger partial charge is 0.373 e. The number of nitrogens with zero attached hydrogens (tertiary/aromatic N) is 4. The lowest BCUT2D eigenvalue weighted by Crippen LogP contribution is -2.37. The molecule has 0 bridgehead atoms. The molecule has 1 aliphatic heterocycles. The fourth-order valence-corrected chi connectivity index (χ4v) is 2.72. The third-order valence-corrected chi connectivity index (χ3v) is 4.19. The Bertz CT molecular complexity index is 911. The van der Waals surface area contributed by atoms with Crippen LogP contribution < -0.4 is 9.64 Å². The number of methoxy groups -OCH3 is 1. The SMILES string of the molecule is COC(=O)CC(=O)c1ccc(Oc2ncnc(N3CCOCC3)c2[N+](=O)[O-])cc1. The molecule has 1 saturated heterocycles. The first-order chi connectivity index (χ1) is 14.0. The van der Waals surface area contributed by atoms with E-state index in [9.17, 15) is 19.7 Å². The second-order valence-electron chi connectivity index (χ2n) is 6.01. The van der Waals surface area contributed by atoms with Crippen LogP contribution in [0.4, 0.5) is 11.5 Å². The summed E-state index contributed by atoms with van der Waals surface area (Å²) < 4.78 is 15.3. The third kappa shape index (κ3) is 4.82. The molecule has 29 heavy (non-hydrogen) atoms. The maximum absolute atomic E-state index is 12.0. The molecule has 11 nitrogen and oxygen atoms in total. The number of rotatable bonds is 7. The van der Waals surface area contributed by atoms with E-state index >= 15 is 0 Å².